The number of sulfone groups is 1. The first kappa shape index (κ1) is 9.16. The minimum atomic E-state index is -2.88. The lowest BCUT2D eigenvalue weighted by molar-refractivity contribution is 0.0732. The van der Waals surface area contributed by atoms with Crippen LogP contribution < -0.4 is 0 Å². The van der Waals surface area contributed by atoms with Crippen LogP contribution in [0.2, 0.25) is 0 Å². The molecular formula is C10H16O3S. The summed E-state index contributed by atoms with van der Waals surface area (Å²) in [6.45, 7) is 2.07. The van der Waals surface area contributed by atoms with Gasteiger partial charge < -0.3 is 5.11 Å². The summed E-state index contributed by atoms with van der Waals surface area (Å²) in [5, 5.41) is 9.58. The Morgan fingerprint density at radius 1 is 1.29 bits per heavy atom. The molecule has 3 aliphatic rings. The van der Waals surface area contributed by atoms with Gasteiger partial charge in [-0.1, -0.05) is 6.92 Å². The van der Waals surface area contributed by atoms with E-state index in [0.717, 1.165) is 6.42 Å². The normalized spacial score (nSPS) is 59.0. The smallest absolute Gasteiger partial charge is 0.153 e. The second-order valence-electron chi connectivity index (χ2n) is 5.17. The van der Waals surface area contributed by atoms with Gasteiger partial charge in [0.05, 0.1) is 17.1 Å². The fraction of sp³-hybridized carbons (Fsp3) is 1.00. The SMILES string of the molecule is CC1C(O)CC2C3C(CCS2(=O)=O)C13. The molecule has 1 aliphatic heterocycles. The lowest BCUT2D eigenvalue weighted by Gasteiger charge is -2.30. The molecule has 6 atom stereocenters. The van der Waals surface area contributed by atoms with Gasteiger partial charge in [-0.25, -0.2) is 8.42 Å². The van der Waals surface area contributed by atoms with Crippen LogP contribution in [0.4, 0.5) is 0 Å². The summed E-state index contributed by atoms with van der Waals surface area (Å²) in [5.74, 6) is 2.17. The van der Waals surface area contributed by atoms with Gasteiger partial charge in [0.25, 0.3) is 0 Å². The Morgan fingerprint density at radius 2 is 2.00 bits per heavy atom. The van der Waals surface area contributed by atoms with Crippen LogP contribution in [0.25, 0.3) is 0 Å². The standard InChI is InChI=1S/C10H16O3S/c1-5-7(11)4-8-10-6(9(5)10)2-3-14(8,12)13/h5-11H,2-4H2,1H3. The number of hydrogen-bond acceptors (Lipinski definition) is 3. The van der Waals surface area contributed by atoms with Crippen LogP contribution in [0, 0.1) is 23.7 Å². The van der Waals surface area contributed by atoms with Gasteiger partial charge in [0.2, 0.25) is 0 Å². The maximum atomic E-state index is 11.8. The number of fused-ring (bicyclic) bond motifs is 1. The van der Waals surface area contributed by atoms with E-state index in [-0.39, 0.29) is 11.4 Å². The summed E-state index contributed by atoms with van der Waals surface area (Å²) in [4.78, 5) is 0. The van der Waals surface area contributed by atoms with Crippen molar-refractivity contribution in [2.24, 2.45) is 23.7 Å². The van der Waals surface area contributed by atoms with E-state index < -0.39 is 9.84 Å². The van der Waals surface area contributed by atoms with Gasteiger partial charge in [-0.15, -0.1) is 0 Å². The molecule has 0 aromatic carbocycles. The van der Waals surface area contributed by atoms with Crippen LogP contribution in [-0.2, 0) is 9.84 Å². The first-order chi connectivity index (χ1) is 6.52. The van der Waals surface area contributed by atoms with E-state index in [2.05, 4.69) is 6.92 Å². The number of hydrogen-bond donors (Lipinski definition) is 1. The fourth-order valence-electron chi connectivity index (χ4n) is 3.78. The average molecular weight is 216 g/mol. The molecule has 1 heterocycles. The minimum Gasteiger partial charge on any atom is -0.393 e. The quantitative estimate of drug-likeness (QED) is 0.639. The molecule has 80 valence electrons. The highest BCUT2D eigenvalue weighted by Gasteiger charge is 2.65. The second-order valence-corrected chi connectivity index (χ2v) is 7.51. The van der Waals surface area contributed by atoms with E-state index in [1.807, 2.05) is 0 Å². The molecule has 0 amide bonds. The van der Waals surface area contributed by atoms with E-state index in [4.69, 9.17) is 0 Å². The predicted molar refractivity (Wildman–Crippen MR) is 52.4 cm³/mol. The fourth-order valence-corrected chi connectivity index (χ4v) is 6.04. The predicted octanol–water partition coefficient (Wildman–Crippen LogP) is 0.436. The average Bonchev–Trinajstić information content (AvgIpc) is 2.81. The molecule has 4 heteroatoms. The lowest BCUT2D eigenvalue weighted by atomic mass is 9.87. The first-order valence-corrected chi connectivity index (χ1v) is 7.13. The summed E-state index contributed by atoms with van der Waals surface area (Å²) in [5.41, 5.74) is 0. The maximum absolute atomic E-state index is 11.8. The molecule has 2 aliphatic carbocycles. The molecule has 14 heavy (non-hydrogen) atoms. The van der Waals surface area contributed by atoms with Crippen LogP contribution >= 0.6 is 0 Å². The van der Waals surface area contributed by atoms with Crippen molar-refractivity contribution in [3.05, 3.63) is 0 Å². The van der Waals surface area contributed by atoms with Crippen LogP contribution in [-0.4, -0.2) is 30.6 Å². The zero-order valence-electron chi connectivity index (χ0n) is 8.26. The lowest BCUT2D eigenvalue weighted by Crippen LogP contribution is -2.39. The van der Waals surface area contributed by atoms with E-state index in [1.54, 1.807) is 0 Å². The zero-order chi connectivity index (χ0) is 10.1. The Bertz CT molecular complexity index is 362. The van der Waals surface area contributed by atoms with Crippen LogP contribution in [0.1, 0.15) is 19.8 Å². The molecule has 0 spiro atoms. The third kappa shape index (κ3) is 0.986. The Hall–Kier alpha value is -0.0900. The van der Waals surface area contributed by atoms with Gasteiger partial charge in [-0.05, 0) is 36.5 Å². The molecule has 3 nitrogen and oxygen atoms in total. The Balaban J connectivity index is 1.98. The minimum absolute atomic E-state index is 0.211. The first-order valence-electron chi connectivity index (χ1n) is 5.42. The molecule has 6 unspecified atom stereocenters. The summed E-state index contributed by atoms with van der Waals surface area (Å²) >= 11 is 0. The van der Waals surface area contributed by atoms with Crippen LogP contribution in [0.5, 0.6) is 0 Å². The van der Waals surface area contributed by atoms with Crippen LogP contribution in [0.3, 0.4) is 0 Å². The zero-order valence-corrected chi connectivity index (χ0v) is 9.07. The molecule has 0 radical (unpaired) electrons. The van der Waals surface area contributed by atoms with Gasteiger partial charge in [-0.2, -0.15) is 0 Å². The highest BCUT2D eigenvalue weighted by molar-refractivity contribution is 7.92. The summed E-state index contributed by atoms with van der Waals surface area (Å²) in [6.07, 6.45) is 0.936. The summed E-state index contributed by atoms with van der Waals surface area (Å²) < 4.78 is 23.5. The van der Waals surface area contributed by atoms with Crippen LogP contribution in [0.15, 0.2) is 0 Å². The van der Waals surface area contributed by atoms with E-state index in [0.29, 0.717) is 35.8 Å². The number of aliphatic hydroxyl groups excluding tert-OH is 1. The molecule has 1 saturated heterocycles. The van der Waals surface area contributed by atoms with Crippen molar-refractivity contribution < 1.29 is 13.5 Å². The Morgan fingerprint density at radius 3 is 2.71 bits per heavy atom. The van der Waals surface area contributed by atoms with Gasteiger partial charge in [-0.3, -0.25) is 0 Å². The molecule has 3 fully saturated rings. The van der Waals surface area contributed by atoms with Gasteiger partial charge >= 0.3 is 0 Å². The highest BCUT2D eigenvalue weighted by atomic mass is 32.2. The van der Waals surface area contributed by atoms with Crippen molar-refractivity contribution in [3.8, 4) is 0 Å². The molecule has 1 N–H and O–H groups in total. The monoisotopic (exact) mass is 216 g/mol. The number of rotatable bonds is 0. The van der Waals surface area contributed by atoms with Gasteiger partial charge in [0, 0.05) is 0 Å². The Labute approximate surface area is 84.4 Å². The van der Waals surface area contributed by atoms with Crippen molar-refractivity contribution in [2.75, 3.05) is 5.75 Å². The molecule has 0 aromatic heterocycles. The summed E-state index contributed by atoms with van der Waals surface area (Å²) in [6, 6.07) is 0. The third-order valence-corrected chi connectivity index (χ3v) is 6.84. The topological polar surface area (TPSA) is 54.4 Å². The largest absolute Gasteiger partial charge is 0.393 e. The molecule has 0 aromatic rings. The molecule has 0 bridgehead atoms. The van der Waals surface area contributed by atoms with Crippen molar-refractivity contribution in [1.29, 1.82) is 0 Å². The maximum Gasteiger partial charge on any atom is 0.153 e. The highest BCUT2D eigenvalue weighted by Crippen LogP contribution is 2.63. The van der Waals surface area contributed by atoms with Crippen molar-refractivity contribution in [3.63, 3.8) is 0 Å². The molecular weight excluding hydrogens is 200 g/mol. The van der Waals surface area contributed by atoms with E-state index >= 15 is 0 Å². The molecule has 2 saturated carbocycles. The van der Waals surface area contributed by atoms with E-state index in [9.17, 15) is 13.5 Å². The summed E-state index contributed by atoms with van der Waals surface area (Å²) in [7, 11) is -2.88. The second kappa shape index (κ2) is 2.53. The van der Waals surface area contributed by atoms with Crippen molar-refractivity contribution in [2.45, 2.75) is 31.1 Å². The van der Waals surface area contributed by atoms with Crippen molar-refractivity contribution >= 4 is 9.84 Å². The third-order valence-electron chi connectivity index (χ3n) is 4.61. The molecule has 3 rings (SSSR count). The van der Waals surface area contributed by atoms with Gasteiger partial charge in [0.1, 0.15) is 0 Å². The Kier molecular flexibility index (Phi) is 1.65. The van der Waals surface area contributed by atoms with Crippen molar-refractivity contribution in [1.82, 2.24) is 0 Å². The van der Waals surface area contributed by atoms with Gasteiger partial charge in [0.15, 0.2) is 9.84 Å². The number of aliphatic hydroxyl groups is 1. The van der Waals surface area contributed by atoms with E-state index in [1.165, 1.54) is 0 Å².